The number of hydrogen-bond acceptors (Lipinski definition) is 5. The molecule has 0 aromatic carbocycles. The molecule has 2 N–H and O–H groups in total. The Morgan fingerprint density at radius 1 is 1.60 bits per heavy atom. The number of carbonyl (C=O) groups is 1. The summed E-state index contributed by atoms with van der Waals surface area (Å²) >= 11 is 0. The number of amides is 1. The minimum absolute atomic E-state index is 0.344. The Morgan fingerprint density at radius 2 is 2.40 bits per heavy atom. The van der Waals surface area contributed by atoms with E-state index >= 15 is 0 Å². The van der Waals surface area contributed by atoms with Crippen molar-refractivity contribution >= 4 is 11.9 Å². The van der Waals surface area contributed by atoms with Crippen molar-refractivity contribution in [1.29, 1.82) is 0 Å². The zero-order chi connectivity index (χ0) is 10.8. The monoisotopic (exact) mass is 208 g/mol. The molecule has 2 rings (SSSR count). The Balaban J connectivity index is 2.26. The van der Waals surface area contributed by atoms with Gasteiger partial charge in [-0.15, -0.1) is 0 Å². The number of anilines is 1. The minimum Gasteiger partial charge on any atom is -0.453 e. The van der Waals surface area contributed by atoms with Gasteiger partial charge in [-0.1, -0.05) is 0 Å². The number of nitrogen functional groups attached to an aromatic ring is 1. The van der Waals surface area contributed by atoms with E-state index in [0.717, 1.165) is 11.3 Å². The maximum Gasteiger partial charge on any atom is 0.409 e. The number of aromatic nitrogens is 2. The second-order valence-corrected chi connectivity index (χ2v) is 3.33. The van der Waals surface area contributed by atoms with Crippen LogP contribution in [0.15, 0.2) is 6.33 Å². The van der Waals surface area contributed by atoms with Crippen LogP contribution in [0.1, 0.15) is 11.3 Å². The number of carbonyl (C=O) groups excluding carboxylic acids is 1. The first-order valence-corrected chi connectivity index (χ1v) is 4.63. The highest BCUT2D eigenvalue weighted by Crippen LogP contribution is 2.20. The van der Waals surface area contributed by atoms with Crippen molar-refractivity contribution in [3.05, 3.63) is 17.6 Å². The van der Waals surface area contributed by atoms with Crippen molar-refractivity contribution in [2.24, 2.45) is 0 Å². The fourth-order valence-corrected chi connectivity index (χ4v) is 1.65. The molecule has 1 aromatic rings. The van der Waals surface area contributed by atoms with Crippen LogP contribution in [0.4, 0.5) is 10.6 Å². The van der Waals surface area contributed by atoms with Crippen LogP contribution >= 0.6 is 0 Å². The molecule has 6 heteroatoms. The highest BCUT2D eigenvalue weighted by molar-refractivity contribution is 5.68. The molecule has 0 saturated carbocycles. The van der Waals surface area contributed by atoms with Crippen molar-refractivity contribution in [1.82, 2.24) is 14.9 Å². The van der Waals surface area contributed by atoms with Crippen molar-refractivity contribution in [3.63, 3.8) is 0 Å². The van der Waals surface area contributed by atoms with Crippen molar-refractivity contribution in [2.75, 3.05) is 19.4 Å². The molecular weight excluding hydrogens is 196 g/mol. The summed E-state index contributed by atoms with van der Waals surface area (Å²) in [5, 5.41) is 0. The first-order valence-electron chi connectivity index (χ1n) is 4.63. The second-order valence-electron chi connectivity index (χ2n) is 3.33. The van der Waals surface area contributed by atoms with Gasteiger partial charge >= 0.3 is 6.09 Å². The lowest BCUT2D eigenvalue weighted by Gasteiger charge is -2.27. The zero-order valence-electron chi connectivity index (χ0n) is 8.43. The summed E-state index contributed by atoms with van der Waals surface area (Å²) in [4.78, 5) is 20.9. The number of nitrogens with zero attached hydrogens (tertiary/aromatic N) is 3. The molecule has 0 unspecified atom stereocenters. The van der Waals surface area contributed by atoms with Gasteiger partial charge in [0, 0.05) is 18.5 Å². The molecule has 0 radical (unpaired) electrons. The molecule has 0 saturated heterocycles. The van der Waals surface area contributed by atoms with Gasteiger partial charge in [0.25, 0.3) is 0 Å². The van der Waals surface area contributed by atoms with Crippen LogP contribution in [-0.4, -0.2) is 34.6 Å². The summed E-state index contributed by atoms with van der Waals surface area (Å²) in [6, 6.07) is 0. The third kappa shape index (κ3) is 1.70. The quantitative estimate of drug-likeness (QED) is 0.657. The molecular formula is C9H12N4O2. The van der Waals surface area contributed by atoms with Gasteiger partial charge in [-0.3, -0.25) is 0 Å². The van der Waals surface area contributed by atoms with Crippen LogP contribution in [0, 0.1) is 0 Å². The molecule has 0 aliphatic carbocycles. The van der Waals surface area contributed by atoms with Crippen LogP contribution < -0.4 is 5.73 Å². The molecule has 1 amide bonds. The van der Waals surface area contributed by atoms with Crippen molar-refractivity contribution in [2.45, 2.75) is 13.0 Å². The summed E-state index contributed by atoms with van der Waals surface area (Å²) in [6.07, 6.45) is 1.79. The summed E-state index contributed by atoms with van der Waals surface area (Å²) < 4.78 is 4.65. The van der Waals surface area contributed by atoms with E-state index in [9.17, 15) is 4.79 Å². The Kier molecular flexibility index (Phi) is 2.40. The molecule has 0 spiro atoms. The third-order valence-corrected chi connectivity index (χ3v) is 2.47. The fraction of sp³-hybridized carbons (Fsp3) is 0.444. The highest BCUT2D eigenvalue weighted by atomic mass is 16.5. The maximum absolute atomic E-state index is 11.3. The van der Waals surface area contributed by atoms with E-state index in [1.54, 1.807) is 4.90 Å². The van der Waals surface area contributed by atoms with Gasteiger partial charge in [0.2, 0.25) is 0 Å². The Labute approximate surface area is 87.1 Å². The normalized spacial score (nSPS) is 14.6. The van der Waals surface area contributed by atoms with Crippen LogP contribution in [0.3, 0.4) is 0 Å². The van der Waals surface area contributed by atoms with Gasteiger partial charge in [-0.25, -0.2) is 14.8 Å². The molecule has 80 valence electrons. The number of fused-ring (bicyclic) bond motifs is 1. The molecule has 1 aliphatic heterocycles. The van der Waals surface area contributed by atoms with E-state index < -0.39 is 0 Å². The summed E-state index contributed by atoms with van der Waals surface area (Å²) in [6.45, 7) is 1.03. The van der Waals surface area contributed by atoms with Gasteiger partial charge in [0.05, 0.1) is 19.3 Å². The molecule has 15 heavy (non-hydrogen) atoms. The lowest BCUT2D eigenvalue weighted by molar-refractivity contribution is 0.118. The maximum atomic E-state index is 11.3. The molecule has 0 fully saturated rings. The largest absolute Gasteiger partial charge is 0.453 e. The molecule has 0 atom stereocenters. The fourth-order valence-electron chi connectivity index (χ4n) is 1.65. The van der Waals surface area contributed by atoms with Crippen LogP contribution in [-0.2, 0) is 17.7 Å². The number of rotatable bonds is 0. The smallest absolute Gasteiger partial charge is 0.409 e. The SMILES string of the molecule is COC(=O)N1CCc2ncnc(N)c2C1. The molecule has 2 heterocycles. The Bertz CT molecular complexity index is 394. The Hall–Kier alpha value is -1.85. The average molecular weight is 208 g/mol. The average Bonchev–Trinajstić information content (AvgIpc) is 2.28. The van der Waals surface area contributed by atoms with Crippen LogP contribution in [0.5, 0.6) is 0 Å². The topological polar surface area (TPSA) is 81.3 Å². The number of nitrogens with two attached hydrogens (primary N) is 1. The lowest BCUT2D eigenvalue weighted by Crippen LogP contribution is -2.36. The molecule has 0 bridgehead atoms. The standard InChI is InChI=1S/C9H12N4O2/c1-15-9(14)13-3-2-7-6(4-13)8(10)12-5-11-7/h5H,2-4H2,1H3,(H2,10,11,12). The summed E-state index contributed by atoms with van der Waals surface area (Å²) in [5.41, 5.74) is 7.46. The van der Waals surface area contributed by atoms with Crippen LogP contribution in [0.2, 0.25) is 0 Å². The van der Waals surface area contributed by atoms with E-state index in [4.69, 9.17) is 5.73 Å². The number of ether oxygens (including phenoxy) is 1. The van der Waals surface area contributed by atoms with Crippen LogP contribution in [0.25, 0.3) is 0 Å². The van der Waals surface area contributed by atoms with Gasteiger partial charge < -0.3 is 15.4 Å². The van der Waals surface area contributed by atoms with E-state index in [1.165, 1.54) is 13.4 Å². The molecule has 6 nitrogen and oxygen atoms in total. The minimum atomic E-state index is -0.344. The summed E-state index contributed by atoms with van der Waals surface area (Å²) in [5.74, 6) is 0.439. The van der Waals surface area contributed by atoms with Crippen molar-refractivity contribution < 1.29 is 9.53 Å². The first-order chi connectivity index (χ1) is 7.22. The van der Waals surface area contributed by atoms with E-state index in [1.807, 2.05) is 0 Å². The Morgan fingerprint density at radius 3 is 3.13 bits per heavy atom. The molecule has 1 aromatic heterocycles. The predicted molar refractivity (Wildman–Crippen MR) is 53.0 cm³/mol. The second kappa shape index (κ2) is 3.72. The zero-order valence-corrected chi connectivity index (χ0v) is 8.43. The molecule has 1 aliphatic rings. The number of methoxy groups -OCH3 is 1. The van der Waals surface area contributed by atoms with E-state index in [-0.39, 0.29) is 6.09 Å². The van der Waals surface area contributed by atoms with Crippen molar-refractivity contribution in [3.8, 4) is 0 Å². The third-order valence-electron chi connectivity index (χ3n) is 2.47. The van der Waals surface area contributed by atoms with Gasteiger partial charge in [-0.2, -0.15) is 0 Å². The number of hydrogen-bond donors (Lipinski definition) is 1. The predicted octanol–water partition coefficient (Wildman–Crippen LogP) is 0.183. The van der Waals surface area contributed by atoms with Gasteiger partial charge in [0.1, 0.15) is 12.1 Å². The van der Waals surface area contributed by atoms with Gasteiger partial charge in [0.15, 0.2) is 0 Å². The van der Waals surface area contributed by atoms with E-state index in [2.05, 4.69) is 14.7 Å². The van der Waals surface area contributed by atoms with Gasteiger partial charge in [-0.05, 0) is 0 Å². The lowest BCUT2D eigenvalue weighted by atomic mass is 10.1. The van der Waals surface area contributed by atoms with E-state index in [0.29, 0.717) is 25.3 Å². The highest BCUT2D eigenvalue weighted by Gasteiger charge is 2.23. The first kappa shape index (κ1) is 9.70. The summed E-state index contributed by atoms with van der Waals surface area (Å²) in [7, 11) is 1.36.